The van der Waals surface area contributed by atoms with Gasteiger partial charge >= 0.3 is 0 Å². The highest BCUT2D eigenvalue weighted by Gasteiger charge is 2.47. The number of nitrogens with zero attached hydrogens (tertiary/aromatic N) is 2. The van der Waals surface area contributed by atoms with Crippen molar-refractivity contribution in [3.05, 3.63) is 15.9 Å². The van der Waals surface area contributed by atoms with Gasteiger partial charge in [0.25, 0.3) is 0 Å². The number of ketones is 1. The zero-order valence-electron chi connectivity index (χ0n) is 10.2. The van der Waals surface area contributed by atoms with Crippen LogP contribution in [0.1, 0.15) is 30.7 Å². The van der Waals surface area contributed by atoms with E-state index in [0.29, 0.717) is 18.1 Å². The lowest BCUT2D eigenvalue weighted by atomic mass is 9.95. The second-order valence-corrected chi connectivity index (χ2v) is 6.33. The molecule has 0 saturated heterocycles. The van der Waals surface area contributed by atoms with E-state index in [9.17, 15) is 4.79 Å². The highest BCUT2D eigenvalue weighted by molar-refractivity contribution is 9.10. The van der Waals surface area contributed by atoms with E-state index in [1.807, 2.05) is 18.7 Å². The van der Waals surface area contributed by atoms with Crippen molar-refractivity contribution >= 4 is 21.7 Å². The predicted molar refractivity (Wildman–Crippen MR) is 68.7 cm³/mol. The molecule has 17 heavy (non-hydrogen) atoms. The smallest absolute Gasteiger partial charge is 0.141 e. The van der Waals surface area contributed by atoms with E-state index in [4.69, 9.17) is 0 Å². The molecule has 0 spiro atoms. The molecule has 2 aliphatic carbocycles. The third-order valence-electron chi connectivity index (χ3n) is 4.30. The predicted octanol–water partition coefficient (Wildman–Crippen LogP) is 2.65. The summed E-state index contributed by atoms with van der Waals surface area (Å²) in [6.45, 7) is 1.96. The average molecular weight is 297 g/mol. The fourth-order valence-electron chi connectivity index (χ4n) is 3.16. The van der Waals surface area contributed by atoms with Gasteiger partial charge in [-0.2, -0.15) is 5.10 Å². The first-order chi connectivity index (χ1) is 8.06. The van der Waals surface area contributed by atoms with E-state index in [1.54, 1.807) is 0 Å². The Morgan fingerprint density at radius 3 is 2.59 bits per heavy atom. The zero-order chi connectivity index (χ0) is 12.2. The molecule has 2 aliphatic rings. The van der Waals surface area contributed by atoms with Gasteiger partial charge in [-0.25, -0.2) is 0 Å². The van der Waals surface area contributed by atoms with Gasteiger partial charge in [-0.3, -0.25) is 9.48 Å². The van der Waals surface area contributed by atoms with Gasteiger partial charge in [-0.1, -0.05) is 0 Å². The number of Topliss-reactive ketones (excluding diaryl/α,β-unsaturated/α-hetero) is 1. The van der Waals surface area contributed by atoms with Crippen molar-refractivity contribution in [3.8, 4) is 0 Å². The molecule has 2 saturated carbocycles. The van der Waals surface area contributed by atoms with Crippen LogP contribution in [0.2, 0.25) is 0 Å². The molecule has 0 aromatic carbocycles. The van der Waals surface area contributed by atoms with Crippen LogP contribution >= 0.6 is 15.9 Å². The van der Waals surface area contributed by atoms with Crippen LogP contribution in [0.15, 0.2) is 4.47 Å². The van der Waals surface area contributed by atoms with Crippen molar-refractivity contribution in [2.24, 2.45) is 24.8 Å². The van der Waals surface area contributed by atoms with Crippen molar-refractivity contribution in [2.45, 2.75) is 32.6 Å². The maximum Gasteiger partial charge on any atom is 0.141 e. The Bertz CT molecular complexity index is 470. The summed E-state index contributed by atoms with van der Waals surface area (Å²) >= 11 is 3.52. The van der Waals surface area contributed by atoms with E-state index in [2.05, 4.69) is 21.0 Å². The molecule has 1 aromatic heterocycles. The quantitative estimate of drug-likeness (QED) is 0.859. The Labute approximate surface area is 110 Å². The number of carbonyl (C=O) groups excluding carboxylic acids is 1. The van der Waals surface area contributed by atoms with E-state index in [-0.39, 0.29) is 0 Å². The van der Waals surface area contributed by atoms with Crippen LogP contribution in [0.25, 0.3) is 0 Å². The van der Waals surface area contributed by atoms with Crippen molar-refractivity contribution in [3.63, 3.8) is 0 Å². The van der Waals surface area contributed by atoms with Crippen molar-refractivity contribution in [1.29, 1.82) is 0 Å². The average Bonchev–Trinajstić information content (AvgIpc) is 2.83. The van der Waals surface area contributed by atoms with Gasteiger partial charge in [0.15, 0.2) is 0 Å². The fraction of sp³-hybridized carbons (Fsp3) is 0.692. The SMILES string of the molecule is Cc1nn(C)c(CC(=O)C2CC3CC3C2)c1Br. The van der Waals surface area contributed by atoms with Gasteiger partial charge in [0.05, 0.1) is 15.9 Å². The Kier molecular flexibility index (Phi) is 2.65. The van der Waals surface area contributed by atoms with E-state index < -0.39 is 0 Å². The Morgan fingerprint density at radius 2 is 2.06 bits per heavy atom. The van der Waals surface area contributed by atoms with Gasteiger partial charge < -0.3 is 0 Å². The van der Waals surface area contributed by atoms with Crippen LogP contribution in [0.5, 0.6) is 0 Å². The maximum atomic E-state index is 12.2. The van der Waals surface area contributed by atoms with Gasteiger partial charge in [0.1, 0.15) is 5.78 Å². The Hall–Kier alpha value is -0.640. The molecule has 0 aliphatic heterocycles. The summed E-state index contributed by atoms with van der Waals surface area (Å²) in [5.74, 6) is 2.48. The molecule has 3 rings (SSSR count). The molecule has 0 amide bonds. The Morgan fingerprint density at radius 1 is 1.41 bits per heavy atom. The van der Waals surface area contributed by atoms with Crippen molar-refractivity contribution < 1.29 is 4.79 Å². The highest BCUT2D eigenvalue weighted by Crippen LogP contribution is 2.54. The number of carbonyl (C=O) groups is 1. The van der Waals surface area contributed by atoms with Crippen LogP contribution in [-0.2, 0) is 18.3 Å². The molecular formula is C13H17BrN2O. The molecule has 2 atom stereocenters. The molecule has 0 bridgehead atoms. The number of fused-ring (bicyclic) bond motifs is 1. The van der Waals surface area contributed by atoms with E-state index >= 15 is 0 Å². The first-order valence-corrected chi connectivity index (χ1v) is 7.06. The van der Waals surface area contributed by atoms with Gasteiger partial charge in [-0.15, -0.1) is 0 Å². The number of aromatic nitrogens is 2. The van der Waals surface area contributed by atoms with E-state index in [0.717, 1.165) is 40.5 Å². The van der Waals surface area contributed by atoms with Crippen LogP contribution in [0.4, 0.5) is 0 Å². The highest BCUT2D eigenvalue weighted by atomic mass is 79.9. The Balaban J connectivity index is 1.71. The topological polar surface area (TPSA) is 34.9 Å². The monoisotopic (exact) mass is 296 g/mol. The molecule has 4 heteroatoms. The minimum Gasteiger partial charge on any atom is -0.299 e. The van der Waals surface area contributed by atoms with Gasteiger partial charge in [0, 0.05) is 19.4 Å². The summed E-state index contributed by atoms with van der Waals surface area (Å²) in [5.41, 5.74) is 1.98. The summed E-state index contributed by atoms with van der Waals surface area (Å²) in [6.07, 6.45) is 4.18. The molecule has 0 N–H and O–H groups in total. The first-order valence-electron chi connectivity index (χ1n) is 6.27. The minimum absolute atomic E-state index is 0.320. The lowest BCUT2D eigenvalue weighted by Crippen LogP contribution is -2.17. The molecule has 1 aromatic rings. The molecule has 92 valence electrons. The van der Waals surface area contributed by atoms with Crippen LogP contribution in [0, 0.1) is 24.7 Å². The summed E-state index contributed by atoms with van der Waals surface area (Å²) < 4.78 is 2.82. The van der Waals surface area contributed by atoms with E-state index in [1.165, 1.54) is 6.42 Å². The normalized spacial score (nSPS) is 30.4. The molecule has 3 nitrogen and oxygen atoms in total. The number of aryl methyl sites for hydroxylation is 2. The summed E-state index contributed by atoms with van der Waals surface area (Å²) in [5, 5.41) is 4.33. The van der Waals surface area contributed by atoms with Crippen LogP contribution < -0.4 is 0 Å². The molecular weight excluding hydrogens is 280 g/mol. The standard InChI is InChI=1S/C13H17BrN2O/c1-7-13(14)11(16(2)15-7)6-12(17)10-4-8-3-9(8)5-10/h8-10H,3-6H2,1-2H3. The lowest BCUT2D eigenvalue weighted by molar-refractivity contribution is -0.122. The maximum absolute atomic E-state index is 12.2. The number of halogens is 1. The molecule has 1 heterocycles. The summed E-state index contributed by atoms with van der Waals surface area (Å²) in [7, 11) is 1.91. The van der Waals surface area contributed by atoms with Crippen molar-refractivity contribution in [2.75, 3.05) is 0 Å². The number of hydrogen-bond acceptors (Lipinski definition) is 2. The lowest BCUT2D eigenvalue weighted by Gasteiger charge is -2.10. The third-order valence-corrected chi connectivity index (χ3v) is 5.33. The minimum atomic E-state index is 0.320. The third kappa shape index (κ3) is 1.96. The van der Waals surface area contributed by atoms with Crippen LogP contribution in [0.3, 0.4) is 0 Å². The molecule has 2 fully saturated rings. The zero-order valence-corrected chi connectivity index (χ0v) is 11.8. The second kappa shape index (κ2) is 3.94. The number of hydrogen-bond donors (Lipinski definition) is 0. The second-order valence-electron chi connectivity index (χ2n) is 5.54. The molecule has 2 unspecified atom stereocenters. The molecule has 0 radical (unpaired) electrons. The van der Waals surface area contributed by atoms with Gasteiger partial charge in [0.2, 0.25) is 0 Å². The van der Waals surface area contributed by atoms with Crippen LogP contribution in [-0.4, -0.2) is 15.6 Å². The number of rotatable bonds is 3. The summed E-state index contributed by atoms with van der Waals surface area (Å²) in [6, 6.07) is 0. The first kappa shape index (κ1) is 11.5. The van der Waals surface area contributed by atoms with Crippen molar-refractivity contribution in [1.82, 2.24) is 9.78 Å². The summed E-state index contributed by atoms with van der Waals surface area (Å²) in [4.78, 5) is 12.2. The van der Waals surface area contributed by atoms with Gasteiger partial charge in [-0.05, 0) is 54.0 Å². The fourth-order valence-corrected chi connectivity index (χ4v) is 3.64. The largest absolute Gasteiger partial charge is 0.299 e.